The Balaban J connectivity index is 2.49. The molecule has 0 fully saturated rings. The summed E-state index contributed by atoms with van der Waals surface area (Å²) in [4.78, 5) is 11.2. The molecule has 0 saturated carbocycles. The zero-order chi connectivity index (χ0) is 15.4. The lowest BCUT2D eigenvalue weighted by Gasteiger charge is -2.21. The number of carbonyl (C=O) groups excluding carboxylic acids is 1. The molecule has 1 N–H and O–H groups in total. The number of anilines is 2. The van der Waals surface area contributed by atoms with E-state index in [9.17, 15) is 4.79 Å². The van der Waals surface area contributed by atoms with Crippen molar-refractivity contribution in [3.05, 3.63) is 59.2 Å². The summed E-state index contributed by atoms with van der Waals surface area (Å²) in [5.74, 6) is 0.903. The Morgan fingerprint density at radius 1 is 0.857 bits per heavy atom. The van der Waals surface area contributed by atoms with Crippen molar-refractivity contribution in [1.82, 2.24) is 0 Å². The minimum absolute atomic E-state index is 0.425. The van der Waals surface area contributed by atoms with Gasteiger partial charge in [0.15, 0.2) is 6.29 Å². The first-order valence-corrected chi connectivity index (χ1v) is 7.48. The fraction of sp³-hybridized carbons (Fsp3) is 0.316. The number of aldehydes is 1. The van der Waals surface area contributed by atoms with Crippen molar-refractivity contribution in [1.29, 1.82) is 0 Å². The third-order valence-corrected chi connectivity index (χ3v) is 3.70. The van der Waals surface area contributed by atoms with Crippen LogP contribution in [-0.4, -0.2) is 6.29 Å². The summed E-state index contributed by atoms with van der Waals surface area (Å²) in [6, 6.07) is 13.9. The molecule has 2 heteroatoms. The second-order valence-corrected chi connectivity index (χ2v) is 5.95. The van der Waals surface area contributed by atoms with Crippen LogP contribution in [0, 0.1) is 0 Å². The van der Waals surface area contributed by atoms with Crippen molar-refractivity contribution in [2.24, 2.45) is 0 Å². The van der Waals surface area contributed by atoms with E-state index in [0.717, 1.165) is 17.7 Å². The molecule has 0 spiro atoms. The number of carbonyl (C=O) groups is 1. The van der Waals surface area contributed by atoms with E-state index in [4.69, 9.17) is 0 Å². The van der Waals surface area contributed by atoms with Crippen LogP contribution in [0.3, 0.4) is 0 Å². The van der Waals surface area contributed by atoms with Crippen LogP contribution < -0.4 is 5.32 Å². The number of para-hydroxylation sites is 1. The Labute approximate surface area is 127 Å². The molecule has 2 nitrogen and oxygen atoms in total. The van der Waals surface area contributed by atoms with Crippen LogP contribution in [0.2, 0.25) is 0 Å². The van der Waals surface area contributed by atoms with Crippen molar-refractivity contribution in [2.75, 3.05) is 5.32 Å². The predicted molar refractivity (Wildman–Crippen MR) is 89.7 cm³/mol. The molecule has 21 heavy (non-hydrogen) atoms. The molecule has 0 heterocycles. The highest BCUT2D eigenvalue weighted by molar-refractivity contribution is 5.86. The van der Waals surface area contributed by atoms with Crippen LogP contribution >= 0.6 is 0 Å². The van der Waals surface area contributed by atoms with E-state index in [1.165, 1.54) is 11.1 Å². The van der Waals surface area contributed by atoms with Gasteiger partial charge in [-0.3, -0.25) is 4.79 Å². The summed E-state index contributed by atoms with van der Waals surface area (Å²) in [5.41, 5.74) is 5.31. The van der Waals surface area contributed by atoms with Crippen molar-refractivity contribution in [3.8, 4) is 0 Å². The van der Waals surface area contributed by atoms with Crippen molar-refractivity contribution in [3.63, 3.8) is 0 Å². The normalized spacial score (nSPS) is 11.0. The number of nitrogens with one attached hydrogen (secondary N) is 1. The molecule has 0 unspecified atom stereocenters. The first-order valence-electron chi connectivity index (χ1n) is 7.48. The highest BCUT2D eigenvalue weighted by atomic mass is 16.1. The van der Waals surface area contributed by atoms with Gasteiger partial charge in [0.25, 0.3) is 0 Å². The standard InChI is InChI=1S/C19H23NO/c1-13(2)16-9-7-11-18(19(16)14(3)4)20-17-10-6-5-8-15(17)12-21/h5-14,20H,1-4H3. The molecule has 0 bridgehead atoms. The first kappa shape index (κ1) is 15.3. The van der Waals surface area contributed by atoms with Gasteiger partial charge >= 0.3 is 0 Å². The van der Waals surface area contributed by atoms with Gasteiger partial charge in [-0.25, -0.2) is 0 Å². The lowest BCUT2D eigenvalue weighted by atomic mass is 9.89. The SMILES string of the molecule is CC(C)c1cccc(Nc2ccccc2C=O)c1C(C)C. The van der Waals surface area contributed by atoms with Crippen molar-refractivity contribution >= 4 is 17.7 Å². The topological polar surface area (TPSA) is 29.1 Å². The molecular formula is C19H23NO. The Morgan fingerprint density at radius 3 is 2.14 bits per heavy atom. The maximum absolute atomic E-state index is 11.2. The number of rotatable bonds is 5. The third-order valence-electron chi connectivity index (χ3n) is 3.70. The van der Waals surface area contributed by atoms with Gasteiger partial charge in [0, 0.05) is 16.9 Å². The summed E-state index contributed by atoms with van der Waals surface area (Å²) < 4.78 is 0. The zero-order valence-corrected chi connectivity index (χ0v) is 13.2. The molecule has 0 aliphatic heterocycles. The van der Waals surface area contributed by atoms with E-state index < -0.39 is 0 Å². The summed E-state index contributed by atoms with van der Waals surface area (Å²) in [5, 5.41) is 3.44. The number of hydrogen-bond acceptors (Lipinski definition) is 2. The minimum atomic E-state index is 0.425. The maximum atomic E-state index is 11.2. The van der Waals surface area contributed by atoms with Gasteiger partial charge in [-0.15, -0.1) is 0 Å². The van der Waals surface area contributed by atoms with Crippen molar-refractivity contribution < 1.29 is 4.79 Å². The molecule has 2 aromatic carbocycles. The molecule has 0 aliphatic rings. The molecule has 0 aliphatic carbocycles. The number of benzene rings is 2. The van der Waals surface area contributed by atoms with Crippen LogP contribution in [0.4, 0.5) is 11.4 Å². The van der Waals surface area contributed by atoms with Crippen LogP contribution in [-0.2, 0) is 0 Å². The third kappa shape index (κ3) is 3.33. The van der Waals surface area contributed by atoms with Crippen LogP contribution in [0.15, 0.2) is 42.5 Å². The fourth-order valence-electron chi connectivity index (χ4n) is 2.70. The second kappa shape index (κ2) is 6.57. The van der Waals surface area contributed by atoms with E-state index in [1.807, 2.05) is 24.3 Å². The molecule has 0 saturated heterocycles. The van der Waals surface area contributed by atoms with Gasteiger partial charge in [-0.1, -0.05) is 52.0 Å². The lowest BCUT2D eigenvalue weighted by Crippen LogP contribution is -2.05. The molecule has 2 rings (SSSR count). The lowest BCUT2D eigenvalue weighted by molar-refractivity contribution is 0.112. The Bertz CT molecular complexity index is 629. The predicted octanol–water partition coefficient (Wildman–Crippen LogP) is 5.49. The Hall–Kier alpha value is -2.09. The van der Waals surface area contributed by atoms with E-state index in [2.05, 4.69) is 51.2 Å². The fourth-order valence-corrected chi connectivity index (χ4v) is 2.70. The van der Waals surface area contributed by atoms with E-state index >= 15 is 0 Å². The minimum Gasteiger partial charge on any atom is -0.355 e. The molecule has 2 aromatic rings. The largest absolute Gasteiger partial charge is 0.355 e. The maximum Gasteiger partial charge on any atom is 0.152 e. The van der Waals surface area contributed by atoms with E-state index in [1.54, 1.807) is 0 Å². The summed E-state index contributed by atoms with van der Waals surface area (Å²) in [6.45, 7) is 8.84. The average molecular weight is 281 g/mol. The van der Waals surface area contributed by atoms with Gasteiger partial charge in [0.1, 0.15) is 0 Å². The molecule has 110 valence electrons. The van der Waals surface area contributed by atoms with Gasteiger partial charge in [0.05, 0.1) is 0 Å². The highest BCUT2D eigenvalue weighted by Crippen LogP contribution is 2.34. The van der Waals surface area contributed by atoms with Crippen LogP contribution in [0.25, 0.3) is 0 Å². The smallest absolute Gasteiger partial charge is 0.152 e. The second-order valence-electron chi connectivity index (χ2n) is 5.95. The quantitative estimate of drug-likeness (QED) is 0.734. The van der Waals surface area contributed by atoms with Gasteiger partial charge in [-0.05, 0) is 41.2 Å². The van der Waals surface area contributed by atoms with Gasteiger partial charge < -0.3 is 5.32 Å². The monoisotopic (exact) mass is 281 g/mol. The van der Waals surface area contributed by atoms with E-state index in [-0.39, 0.29) is 0 Å². The van der Waals surface area contributed by atoms with Crippen LogP contribution in [0.5, 0.6) is 0 Å². The molecule has 0 amide bonds. The molecular weight excluding hydrogens is 258 g/mol. The zero-order valence-electron chi connectivity index (χ0n) is 13.2. The first-order chi connectivity index (χ1) is 10.0. The summed E-state index contributed by atoms with van der Waals surface area (Å²) >= 11 is 0. The van der Waals surface area contributed by atoms with Crippen LogP contribution in [0.1, 0.15) is 61.0 Å². The molecule has 0 radical (unpaired) electrons. The molecule has 0 atom stereocenters. The van der Waals surface area contributed by atoms with Crippen molar-refractivity contribution in [2.45, 2.75) is 39.5 Å². The summed E-state index contributed by atoms with van der Waals surface area (Å²) in [7, 11) is 0. The number of hydrogen-bond donors (Lipinski definition) is 1. The van der Waals surface area contributed by atoms with Gasteiger partial charge in [-0.2, -0.15) is 0 Å². The highest BCUT2D eigenvalue weighted by Gasteiger charge is 2.15. The van der Waals surface area contributed by atoms with E-state index in [0.29, 0.717) is 17.4 Å². The van der Waals surface area contributed by atoms with Gasteiger partial charge in [0.2, 0.25) is 0 Å². The Kier molecular flexibility index (Phi) is 4.79. The Morgan fingerprint density at radius 2 is 1.52 bits per heavy atom. The molecule has 0 aromatic heterocycles. The summed E-state index contributed by atoms with van der Waals surface area (Å²) in [6.07, 6.45) is 0.893. The average Bonchev–Trinajstić information content (AvgIpc) is 2.47.